The van der Waals surface area contributed by atoms with E-state index in [1.807, 2.05) is 0 Å². The van der Waals surface area contributed by atoms with E-state index in [-0.39, 0.29) is 30.6 Å². The number of nitrogens with one attached hydrogen (secondary N) is 1. The fourth-order valence-corrected chi connectivity index (χ4v) is 1.78. The summed E-state index contributed by atoms with van der Waals surface area (Å²) < 4.78 is 5.14. The molecule has 1 aliphatic rings. The first kappa shape index (κ1) is 15.5. The molecule has 6 nitrogen and oxygen atoms in total. The third kappa shape index (κ3) is 6.22. The van der Waals surface area contributed by atoms with Crippen molar-refractivity contribution >= 4 is 17.8 Å². The van der Waals surface area contributed by atoms with Crippen molar-refractivity contribution in [2.24, 2.45) is 0 Å². The lowest BCUT2D eigenvalue weighted by Crippen LogP contribution is -2.34. The van der Waals surface area contributed by atoms with Crippen LogP contribution in [-0.4, -0.2) is 47.9 Å². The fourth-order valence-electron chi connectivity index (χ4n) is 1.78. The molecule has 0 unspecified atom stereocenters. The number of carbonyl (C=O) groups is 3. The minimum absolute atomic E-state index is 0.0394. The van der Waals surface area contributed by atoms with Crippen LogP contribution in [0.2, 0.25) is 0 Å². The lowest BCUT2D eigenvalue weighted by atomic mass is 10.2. The van der Waals surface area contributed by atoms with Gasteiger partial charge in [-0.15, -0.1) is 0 Å². The van der Waals surface area contributed by atoms with E-state index in [0.717, 1.165) is 0 Å². The van der Waals surface area contributed by atoms with E-state index in [2.05, 4.69) is 5.32 Å². The third-order valence-corrected chi connectivity index (χ3v) is 2.63. The third-order valence-electron chi connectivity index (χ3n) is 2.63. The van der Waals surface area contributed by atoms with Gasteiger partial charge >= 0.3 is 5.97 Å². The standard InChI is InChI=1S/C13H22N2O4/c1-13(2,3)19-12(18)5-4-11(17)15-8-6-10(16)14-7-9-15/h4-9H2,1-3H3,(H,14,16). The molecule has 0 atom stereocenters. The molecule has 19 heavy (non-hydrogen) atoms. The molecular formula is C13H22N2O4. The molecule has 0 aromatic rings. The van der Waals surface area contributed by atoms with Gasteiger partial charge in [0.25, 0.3) is 0 Å². The zero-order chi connectivity index (χ0) is 14.5. The summed E-state index contributed by atoms with van der Waals surface area (Å²) in [5.74, 6) is -0.519. The zero-order valence-corrected chi connectivity index (χ0v) is 11.8. The molecule has 1 heterocycles. The van der Waals surface area contributed by atoms with Gasteiger partial charge in [0.2, 0.25) is 11.8 Å². The van der Waals surface area contributed by atoms with Gasteiger partial charge in [-0.3, -0.25) is 14.4 Å². The second-order valence-electron chi connectivity index (χ2n) is 5.57. The Morgan fingerprint density at radius 1 is 1.26 bits per heavy atom. The molecule has 0 aromatic carbocycles. The lowest BCUT2D eigenvalue weighted by Gasteiger charge is -2.21. The summed E-state index contributed by atoms with van der Waals surface area (Å²) in [4.78, 5) is 36.2. The molecule has 2 amide bonds. The second kappa shape index (κ2) is 6.54. The maximum atomic E-state index is 11.9. The van der Waals surface area contributed by atoms with E-state index in [1.54, 1.807) is 25.7 Å². The molecule has 0 bridgehead atoms. The van der Waals surface area contributed by atoms with Crippen LogP contribution in [0.3, 0.4) is 0 Å². The molecule has 0 aromatic heterocycles. The Bertz CT molecular complexity index is 360. The van der Waals surface area contributed by atoms with Crippen molar-refractivity contribution in [1.82, 2.24) is 10.2 Å². The molecule has 0 spiro atoms. The minimum atomic E-state index is -0.529. The van der Waals surface area contributed by atoms with Gasteiger partial charge in [0, 0.05) is 32.5 Å². The predicted molar refractivity (Wildman–Crippen MR) is 69.3 cm³/mol. The van der Waals surface area contributed by atoms with E-state index < -0.39 is 5.60 Å². The monoisotopic (exact) mass is 270 g/mol. The van der Waals surface area contributed by atoms with Crippen LogP contribution >= 0.6 is 0 Å². The molecular weight excluding hydrogens is 248 g/mol. The minimum Gasteiger partial charge on any atom is -0.460 e. The lowest BCUT2D eigenvalue weighted by molar-refractivity contribution is -0.156. The summed E-state index contributed by atoms with van der Waals surface area (Å²) in [6.07, 6.45) is 0.523. The SMILES string of the molecule is CC(C)(C)OC(=O)CCC(=O)N1CCNC(=O)CC1. The number of esters is 1. The fraction of sp³-hybridized carbons (Fsp3) is 0.769. The summed E-state index contributed by atoms with van der Waals surface area (Å²) in [6, 6.07) is 0. The van der Waals surface area contributed by atoms with Gasteiger partial charge < -0.3 is 15.0 Å². The van der Waals surface area contributed by atoms with Gasteiger partial charge in [-0.1, -0.05) is 0 Å². The number of hydrogen-bond acceptors (Lipinski definition) is 4. The first-order valence-electron chi connectivity index (χ1n) is 6.54. The van der Waals surface area contributed by atoms with Crippen molar-refractivity contribution in [3.8, 4) is 0 Å². The molecule has 0 saturated carbocycles. The second-order valence-corrected chi connectivity index (χ2v) is 5.57. The van der Waals surface area contributed by atoms with E-state index in [4.69, 9.17) is 4.74 Å². The zero-order valence-electron chi connectivity index (χ0n) is 11.8. The first-order valence-corrected chi connectivity index (χ1v) is 6.54. The molecule has 1 aliphatic heterocycles. The van der Waals surface area contributed by atoms with Crippen LogP contribution in [0.4, 0.5) is 0 Å². The van der Waals surface area contributed by atoms with Crippen LogP contribution in [-0.2, 0) is 19.1 Å². The van der Waals surface area contributed by atoms with Crippen LogP contribution in [0.15, 0.2) is 0 Å². The van der Waals surface area contributed by atoms with Gasteiger partial charge in [0.05, 0.1) is 6.42 Å². The average Bonchev–Trinajstić information content (AvgIpc) is 2.48. The van der Waals surface area contributed by atoms with E-state index in [1.165, 1.54) is 0 Å². The molecule has 0 aliphatic carbocycles. The average molecular weight is 270 g/mol. The summed E-state index contributed by atoms with van der Waals surface area (Å²) in [7, 11) is 0. The van der Waals surface area contributed by atoms with Crippen LogP contribution < -0.4 is 5.32 Å². The topological polar surface area (TPSA) is 75.7 Å². The molecule has 0 radical (unpaired) electrons. The molecule has 1 saturated heterocycles. The highest BCUT2D eigenvalue weighted by atomic mass is 16.6. The van der Waals surface area contributed by atoms with E-state index in [0.29, 0.717) is 26.1 Å². The van der Waals surface area contributed by atoms with E-state index in [9.17, 15) is 14.4 Å². The first-order chi connectivity index (χ1) is 8.78. The van der Waals surface area contributed by atoms with E-state index >= 15 is 0 Å². The van der Waals surface area contributed by atoms with Crippen LogP contribution in [0.5, 0.6) is 0 Å². The Kier molecular flexibility index (Phi) is 5.32. The Hall–Kier alpha value is -1.59. The normalized spacial score (nSPS) is 16.6. The van der Waals surface area contributed by atoms with Crippen LogP contribution in [0, 0.1) is 0 Å². The summed E-state index contributed by atoms with van der Waals surface area (Å²) in [6.45, 7) is 6.76. The van der Waals surface area contributed by atoms with Crippen molar-refractivity contribution < 1.29 is 19.1 Å². The van der Waals surface area contributed by atoms with Gasteiger partial charge in [-0.25, -0.2) is 0 Å². The van der Waals surface area contributed by atoms with Gasteiger partial charge in [-0.2, -0.15) is 0 Å². The Balaban J connectivity index is 2.34. The van der Waals surface area contributed by atoms with Crippen molar-refractivity contribution in [3.05, 3.63) is 0 Å². The highest BCUT2D eigenvalue weighted by Gasteiger charge is 2.21. The van der Waals surface area contributed by atoms with Crippen molar-refractivity contribution in [3.63, 3.8) is 0 Å². The van der Waals surface area contributed by atoms with Gasteiger partial charge in [-0.05, 0) is 20.8 Å². The van der Waals surface area contributed by atoms with Crippen molar-refractivity contribution in [2.45, 2.75) is 45.6 Å². The quantitative estimate of drug-likeness (QED) is 0.756. The number of carbonyl (C=O) groups excluding carboxylic acids is 3. The molecule has 108 valence electrons. The predicted octanol–water partition coefficient (Wildman–Crippen LogP) is 0.457. The molecule has 1 N–H and O–H groups in total. The molecule has 1 fully saturated rings. The van der Waals surface area contributed by atoms with Crippen LogP contribution in [0.1, 0.15) is 40.0 Å². The smallest absolute Gasteiger partial charge is 0.306 e. The highest BCUT2D eigenvalue weighted by Crippen LogP contribution is 2.10. The Morgan fingerprint density at radius 2 is 1.95 bits per heavy atom. The van der Waals surface area contributed by atoms with Crippen LogP contribution in [0.25, 0.3) is 0 Å². The maximum absolute atomic E-state index is 11.9. The molecule has 1 rings (SSSR count). The number of amides is 2. The Labute approximate surface area is 113 Å². The summed E-state index contributed by atoms with van der Waals surface area (Å²) >= 11 is 0. The van der Waals surface area contributed by atoms with Crippen molar-refractivity contribution in [1.29, 1.82) is 0 Å². The largest absolute Gasteiger partial charge is 0.460 e. The number of hydrogen-bond donors (Lipinski definition) is 1. The van der Waals surface area contributed by atoms with Gasteiger partial charge in [0.15, 0.2) is 0 Å². The summed E-state index contributed by atoms with van der Waals surface area (Å²) in [5, 5.41) is 2.70. The number of ether oxygens (including phenoxy) is 1. The molecule has 6 heteroatoms. The number of rotatable bonds is 3. The van der Waals surface area contributed by atoms with Gasteiger partial charge in [0.1, 0.15) is 5.60 Å². The van der Waals surface area contributed by atoms with Crippen molar-refractivity contribution in [2.75, 3.05) is 19.6 Å². The Morgan fingerprint density at radius 3 is 2.58 bits per heavy atom. The summed E-state index contributed by atoms with van der Waals surface area (Å²) in [5.41, 5.74) is -0.529. The highest BCUT2D eigenvalue weighted by molar-refractivity contribution is 5.83. The number of nitrogens with zero attached hydrogens (tertiary/aromatic N) is 1. The maximum Gasteiger partial charge on any atom is 0.306 e.